The van der Waals surface area contributed by atoms with Crippen LogP contribution in [0.2, 0.25) is 0 Å². The molecule has 230 valence electrons. The summed E-state index contributed by atoms with van der Waals surface area (Å²) in [5.74, 6) is -2.83. The Morgan fingerprint density at radius 1 is 0.905 bits per heavy atom. The lowest BCUT2D eigenvalue weighted by Crippen LogP contribution is -2.46. The topological polar surface area (TPSA) is 118 Å². The lowest BCUT2D eigenvalue weighted by atomic mass is 9.99. The van der Waals surface area contributed by atoms with Gasteiger partial charge in [-0.15, -0.1) is 0 Å². The predicted octanol–water partition coefficient (Wildman–Crippen LogP) is 4.63. The molecule has 0 bridgehead atoms. The van der Waals surface area contributed by atoms with E-state index in [2.05, 4.69) is 0 Å². The van der Waals surface area contributed by atoms with Gasteiger partial charge in [-0.2, -0.15) is 26.3 Å². The second kappa shape index (κ2) is 14.8. The molecule has 2 aromatic rings. The summed E-state index contributed by atoms with van der Waals surface area (Å²) in [6, 6.07) is 9.78. The van der Waals surface area contributed by atoms with Crippen LogP contribution in [-0.2, 0) is 33.2 Å². The number of halogens is 6. The van der Waals surface area contributed by atoms with Gasteiger partial charge in [0.15, 0.2) is 0 Å². The van der Waals surface area contributed by atoms with Crippen molar-refractivity contribution in [2.24, 2.45) is 0 Å². The van der Waals surface area contributed by atoms with Crippen molar-refractivity contribution in [1.82, 2.24) is 9.80 Å². The van der Waals surface area contributed by atoms with Gasteiger partial charge in [-0.1, -0.05) is 30.3 Å². The summed E-state index contributed by atoms with van der Waals surface area (Å²) in [5.41, 5.74) is -2.17. The molecule has 1 unspecified atom stereocenters. The number of likely N-dealkylation sites (tertiary alicyclic amines) is 1. The van der Waals surface area contributed by atoms with E-state index in [0.717, 1.165) is 5.56 Å². The Kier molecular flexibility index (Phi) is 12.1. The van der Waals surface area contributed by atoms with E-state index >= 15 is 0 Å². The fourth-order valence-corrected chi connectivity index (χ4v) is 4.21. The lowest BCUT2D eigenvalue weighted by Gasteiger charge is -2.37. The zero-order valence-corrected chi connectivity index (χ0v) is 22.4. The Morgan fingerprint density at radius 2 is 1.38 bits per heavy atom. The molecule has 0 radical (unpaired) electrons. The molecule has 0 aromatic heterocycles. The number of aliphatic carboxylic acids is 2. The summed E-state index contributed by atoms with van der Waals surface area (Å²) in [7, 11) is 1.48. The first-order valence-corrected chi connectivity index (χ1v) is 12.6. The maximum atomic E-state index is 13.4. The molecular formula is C28H30F6N2O6. The van der Waals surface area contributed by atoms with Gasteiger partial charge in [0, 0.05) is 38.8 Å². The van der Waals surface area contributed by atoms with E-state index < -0.39 is 47.6 Å². The standard InChI is InChI=1S/C24H26F6N2O2.C4H4O4/c1-31(10-7-16-13-18(23(25,26)27)15-19(14-16)24(28,29)30)22(34)21(17-5-3-2-4-6-17)32-11-8-20(33)9-12-32;5-3(6)1-2-4(7)8/h2-6,13-15,20-21,33H,7-12H2,1H3;1-2H,(H,5,6)(H,7,8)/b;2-1+. The fourth-order valence-electron chi connectivity index (χ4n) is 4.21. The molecule has 1 saturated heterocycles. The molecule has 0 spiro atoms. The van der Waals surface area contributed by atoms with Crippen LogP contribution in [0.15, 0.2) is 60.7 Å². The summed E-state index contributed by atoms with van der Waals surface area (Å²) < 4.78 is 78.8. The van der Waals surface area contributed by atoms with Gasteiger partial charge >= 0.3 is 24.3 Å². The third-order valence-corrected chi connectivity index (χ3v) is 6.34. The number of aliphatic hydroxyl groups excluding tert-OH is 1. The van der Waals surface area contributed by atoms with Crippen LogP contribution in [-0.4, -0.2) is 75.8 Å². The van der Waals surface area contributed by atoms with E-state index in [-0.39, 0.29) is 30.5 Å². The predicted molar refractivity (Wildman–Crippen MR) is 138 cm³/mol. The van der Waals surface area contributed by atoms with Crippen LogP contribution in [0, 0.1) is 0 Å². The van der Waals surface area contributed by atoms with Crippen molar-refractivity contribution >= 4 is 17.8 Å². The molecule has 42 heavy (non-hydrogen) atoms. The maximum absolute atomic E-state index is 13.4. The number of likely N-dealkylation sites (N-methyl/N-ethyl adjacent to an activating group) is 1. The van der Waals surface area contributed by atoms with Crippen LogP contribution in [0.1, 0.15) is 41.1 Å². The van der Waals surface area contributed by atoms with Gasteiger partial charge in [0.05, 0.1) is 17.2 Å². The van der Waals surface area contributed by atoms with E-state index in [9.17, 15) is 45.8 Å². The van der Waals surface area contributed by atoms with Crippen LogP contribution in [0.3, 0.4) is 0 Å². The van der Waals surface area contributed by atoms with Gasteiger partial charge in [0.2, 0.25) is 5.91 Å². The number of hydrogen-bond donors (Lipinski definition) is 3. The highest BCUT2D eigenvalue weighted by Gasteiger charge is 2.37. The highest BCUT2D eigenvalue weighted by molar-refractivity contribution is 5.89. The van der Waals surface area contributed by atoms with Crippen molar-refractivity contribution in [3.8, 4) is 0 Å². The van der Waals surface area contributed by atoms with Gasteiger partial charge in [-0.25, -0.2) is 9.59 Å². The molecule has 1 aliphatic heterocycles. The van der Waals surface area contributed by atoms with Crippen molar-refractivity contribution in [3.63, 3.8) is 0 Å². The summed E-state index contributed by atoms with van der Waals surface area (Å²) in [6.45, 7) is 0.920. The quantitative estimate of drug-likeness (QED) is 0.297. The molecule has 3 N–H and O–H groups in total. The lowest BCUT2D eigenvalue weighted by molar-refractivity contribution is -0.143. The number of carboxylic acid groups (broad SMARTS) is 2. The molecule has 14 heteroatoms. The van der Waals surface area contributed by atoms with Gasteiger partial charge < -0.3 is 20.2 Å². The molecule has 0 saturated carbocycles. The molecule has 3 rings (SSSR count). The molecule has 1 heterocycles. The minimum Gasteiger partial charge on any atom is -0.478 e. The Hall–Kier alpha value is -3.91. The normalized spacial score (nSPS) is 15.5. The summed E-state index contributed by atoms with van der Waals surface area (Å²) in [6.07, 6.45) is -8.33. The van der Waals surface area contributed by atoms with Crippen LogP contribution < -0.4 is 0 Å². The van der Waals surface area contributed by atoms with Crippen molar-refractivity contribution < 1.29 is 56.0 Å². The number of benzene rings is 2. The largest absolute Gasteiger partial charge is 0.478 e. The monoisotopic (exact) mass is 604 g/mol. The van der Waals surface area contributed by atoms with Crippen LogP contribution in [0.4, 0.5) is 26.3 Å². The second-order valence-corrected chi connectivity index (χ2v) is 9.51. The summed E-state index contributed by atoms with van der Waals surface area (Å²) >= 11 is 0. The van der Waals surface area contributed by atoms with E-state index in [0.29, 0.717) is 50.2 Å². The summed E-state index contributed by atoms with van der Waals surface area (Å²) in [5, 5.41) is 25.4. The number of carbonyl (C=O) groups excluding carboxylic acids is 1. The van der Waals surface area contributed by atoms with Crippen molar-refractivity contribution in [2.45, 2.75) is 43.8 Å². The molecule has 0 aliphatic carbocycles. The number of carbonyl (C=O) groups is 3. The van der Waals surface area contributed by atoms with Crippen LogP contribution in [0.5, 0.6) is 0 Å². The molecular weight excluding hydrogens is 574 g/mol. The Balaban J connectivity index is 0.000000675. The number of piperidine rings is 1. The third kappa shape index (κ3) is 10.8. The first kappa shape index (κ1) is 34.3. The number of hydrogen-bond acceptors (Lipinski definition) is 5. The van der Waals surface area contributed by atoms with E-state index in [4.69, 9.17) is 10.2 Å². The number of carboxylic acids is 2. The Bertz CT molecular complexity index is 1190. The smallest absolute Gasteiger partial charge is 0.416 e. The van der Waals surface area contributed by atoms with Gasteiger partial charge in [0.1, 0.15) is 6.04 Å². The maximum Gasteiger partial charge on any atom is 0.416 e. The van der Waals surface area contributed by atoms with Crippen LogP contribution in [0.25, 0.3) is 0 Å². The first-order valence-electron chi connectivity index (χ1n) is 12.6. The van der Waals surface area contributed by atoms with E-state index in [1.54, 1.807) is 30.3 Å². The van der Waals surface area contributed by atoms with Crippen molar-refractivity contribution in [2.75, 3.05) is 26.7 Å². The number of amides is 1. The Labute approximate surface area is 237 Å². The van der Waals surface area contributed by atoms with Crippen LogP contribution >= 0.6 is 0 Å². The molecule has 1 amide bonds. The highest BCUT2D eigenvalue weighted by Crippen LogP contribution is 2.36. The fraction of sp³-hybridized carbons (Fsp3) is 0.393. The third-order valence-electron chi connectivity index (χ3n) is 6.34. The minimum absolute atomic E-state index is 0.0583. The average Bonchev–Trinajstić information content (AvgIpc) is 2.91. The molecule has 1 fully saturated rings. The average molecular weight is 605 g/mol. The number of rotatable bonds is 8. The minimum atomic E-state index is -4.92. The SMILES string of the molecule is CN(CCc1cc(C(F)(F)F)cc(C(F)(F)F)c1)C(=O)C(c1ccccc1)N1CCC(O)CC1.O=C(O)/C=C/C(=O)O. The molecule has 8 nitrogen and oxygen atoms in total. The van der Waals surface area contributed by atoms with Crippen molar-refractivity contribution in [1.29, 1.82) is 0 Å². The molecule has 1 atom stereocenters. The van der Waals surface area contributed by atoms with E-state index in [1.807, 2.05) is 4.90 Å². The van der Waals surface area contributed by atoms with Gasteiger partial charge in [-0.05, 0) is 48.6 Å². The number of alkyl halides is 6. The van der Waals surface area contributed by atoms with Crippen molar-refractivity contribution in [3.05, 3.63) is 82.9 Å². The molecule has 2 aromatic carbocycles. The molecule has 1 aliphatic rings. The zero-order chi connectivity index (χ0) is 31.7. The second-order valence-electron chi connectivity index (χ2n) is 9.51. The number of aliphatic hydroxyl groups is 1. The summed E-state index contributed by atoms with van der Waals surface area (Å²) in [4.78, 5) is 35.7. The van der Waals surface area contributed by atoms with E-state index in [1.165, 1.54) is 11.9 Å². The number of nitrogens with zero attached hydrogens (tertiary/aromatic N) is 2. The highest BCUT2D eigenvalue weighted by atomic mass is 19.4. The first-order chi connectivity index (χ1) is 19.5. The van der Waals surface area contributed by atoms with Gasteiger partial charge in [-0.3, -0.25) is 9.69 Å². The van der Waals surface area contributed by atoms with Gasteiger partial charge in [0.25, 0.3) is 0 Å². The Morgan fingerprint density at radius 3 is 1.81 bits per heavy atom. The zero-order valence-electron chi connectivity index (χ0n) is 22.4.